The highest BCUT2D eigenvalue weighted by Gasteiger charge is 2.24. The van der Waals surface area contributed by atoms with Crippen LogP contribution in [0.25, 0.3) is 0 Å². The Balaban J connectivity index is 4.14. The lowest BCUT2D eigenvalue weighted by atomic mass is 10.0. The molecule has 70 valence electrons. The fourth-order valence-electron chi connectivity index (χ4n) is 0.719. The lowest BCUT2D eigenvalue weighted by Crippen LogP contribution is -2.38. The summed E-state index contributed by atoms with van der Waals surface area (Å²) in [5, 5.41) is 17.3. The summed E-state index contributed by atoms with van der Waals surface area (Å²) in [7, 11) is 0. The Labute approximate surface area is 69.2 Å². The molecule has 0 aromatic rings. The molecule has 0 saturated heterocycles. The number of rotatable bonds is 5. The highest BCUT2D eigenvalue weighted by atomic mass is 16.3. The Morgan fingerprint density at radius 3 is 1.92 bits per heavy atom. The summed E-state index contributed by atoms with van der Waals surface area (Å²) in [5.74, 6) is -3.00. The first kappa shape index (κ1) is 10.9. The van der Waals surface area contributed by atoms with Gasteiger partial charge >= 0.3 is 0 Å². The quantitative estimate of drug-likeness (QED) is 0.340. The van der Waals surface area contributed by atoms with Crippen LogP contribution in [0, 0.1) is 5.92 Å². The molecule has 0 rings (SSSR count). The van der Waals surface area contributed by atoms with E-state index in [0.717, 1.165) is 0 Å². The topological polar surface area (TPSA) is 127 Å². The van der Waals surface area contributed by atoms with Crippen LogP contribution in [-0.2, 0) is 9.59 Å². The van der Waals surface area contributed by atoms with Gasteiger partial charge in [-0.3, -0.25) is 9.59 Å². The first-order valence-corrected chi connectivity index (χ1v) is 3.36. The van der Waals surface area contributed by atoms with Gasteiger partial charge in [0, 0.05) is 0 Å². The maximum atomic E-state index is 10.5. The number of primary amides is 2. The Morgan fingerprint density at radius 1 is 1.25 bits per heavy atom. The molecule has 0 unspecified atom stereocenters. The smallest absolute Gasteiger partial charge is 0.230 e. The molecule has 0 aromatic heterocycles. The van der Waals surface area contributed by atoms with Crippen LogP contribution in [0.4, 0.5) is 0 Å². The minimum absolute atomic E-state index is 0.235. The van der Waals surface area contributed by atoms with E-state index in [2.05, 4.69) is 0 Å². The van der Waals surface area contributed by atoms with E-state index in [4.69, 9.17) is 21.7 Å². The zero-order valence-electron chi connectivity index (χ0n) is 6.43. The van der Waals surface area contributed by atoms with Gasteiger partial charge in [0.15, 0.2) is 0 Å². The third-order valence-corrected chi connectivity index (χ3v) is 1.41. The Morgan fingerprint density at radius 2 is 1.67 bits per heavy atom. The lowest BCUT2D eigenvalue weighted by molar-refractivity contribution is -0.133. The van der Waals surface area contributed by atoms with E-state index >= 15 is 0 Å². The molecule has 0 aliphatic carbocycles. The molecule has 6 N–H and O–H groups in total. The number of carbonyl (C=O) groups is 2. The molecule has 12 heavy (non-hydrogen) atoms. The lowest BCUT2D eigenvalue weighted by Gasteiger charge is -2.12. The molecule has 0 fully saturated rings. The van der Waals surface area contributed by atoms with Gasteiger partial charge < -0.3 is 21.7 Å². The predicted molar refractivity (Wildman–Crippen MR) is 39.6 cm³/mol. The first-order chi connectivity index (χ1) is 5.49. The summed E-state index contributed by atoms with van der Waals surface area (Å²) in [6.07, 6.45) is -1.38. The summed E-state index contributed by atoms with van der Waals surface area (Å²) >= 11 is 0. The second-order valence-corrected chi connectivity index (χ2v) is 2.43. The van der Waals surface area contributed by atoms with Crippen LogP contribution in [-0.4, -0.2) is 34.7 Å². The minimum atomic E-state index is -1.22. The highest BCUT2D eigenvalue weighted by Crippen LogP contribution is 2.05. The molecule has 2 amide bonds. The molecule has 0 bridgehead atoms. The largest absolute Gasteiger partial charge is 0.394 e. The fourth-order valence-corrected chi connectivity index (χ4v) is 0.719. The monoisotopic (exact) mass is 176 g/mol. The summed E-state index contributed by atoms with van der Waals surface area (Å²) in [4.78, 5) is 21.0. The average molecular weight is 176 g/mol. The molecule has 0 aromatic carbocycles. The number of hydrogen-bond donors (Lipinski definition) is 4. The van der Waals surface area contributed by atoms with Crippen LogP contribution in [0.5, 0.6) is 0 Å². The zero-order valence-corrected chi connectivity index (χ0v) is 6.43. The van der Waals surface area contributed by atoms with E-state index in [1.807, 2.05) is 0 Å². The number of amides is 2. The van der Waals surface area contributed by atoms with Crippen LogP contribution in [0.1, 0.15) is 6.42 Å². The van der Waals surface area contributed by atoms with E-state index in [1.54, 1.807) is 0 Å². The van der Waals surface area contributed by atoms with Gasteiger partial charge in [-0.1, -0.05) is 0 Å². The van der Waals surface area contributed by atoms with E-state index in [0.29, 0.717) is 0 Å². The summed E-state index contributed by atoms with van der Waals surface area (Å²) in [6, 6.07) is 0. The molecular formula is C6H12N2O4. The molecule has 0 aliphatic heterocycles. The molecule has 0 spiro atoms. The standard InChI is InChI=1S/C6H12N2O4/c7-5(11)4(6(8)12)1-3(10)2-9/h3-4,9-10H,1-2H2,(H2,7,11)(H2,8,12)/t3-/m0/s1. The van der Waals surface area contributed by atoms with E-state index in [1.165, 1.54) is 0 Å². The normalized spacial score (nSPS) is 12.9. The van der Waals surface area contributed by atoms with E-state index in [-0.39, 0.29) is 6.42 Å². The van der Waals surface area contributed by atoms with Crippen molar-refractivity contribution in [2.24, 2.45) is 17.4 Å². The number of aliphatic hydroxyl groups excluding tert-OH is 2. The third kappa shape index (κ3) is 3.31. The molecule has 1 atom stereocenters. The van der Waals surface area contributed by atoms with Crippen molar-refractivity contribution in [3.8, 4) is 0 Å². The summed E-state index contributed by atoms with van der Waals surface area (Å²) in [6.45, 7) is -0.531. The highest BCUT2D eigenvalue weighted by molar-refractivity contribution is 5.98. The van der Waals surface area contributed by atoms with Gasteiger partial charge in [0.1, 0.15) is 5.92 Å². The van der Waals surface area contributed by atoms with Crippen LogP contribution < -0.4 is 11.5 Å². The Hall–Kier alpha value is -1.14. The maximum absolute atomic E-state index is 10.5. The molecule has 0 radical (unpaired) electrons. The van der Waals surface area contributed by atoms with Crippen LogP contribution >= 0.6 is 0 Å². The van der Waals surface area contributed by atoms with E-state index < -0.39 is 30.4 Å². The van der Waals surface area contributed by atoms with Gasteiger partial charge in [0.25, 0.3) is 0 Å². The molecule has 0 aliphatic rings. The SMILES string of the molecule is NC(=O)C(C[C@H](O)CO)C(N)=O. The molecular weight excluding hydrogens is 164 g/mol. The van der Waals surface area contributed by atoms with Crippen molar-refractivity contribution in [2.75, 3.05) is 6.61 Å². The number of nitrogens with two attached hydrogens (primary N) is 2. The van der Waals surface area contributed by atoms with Crippen molar-refractivity contribution in [1.29, 1.82) is 0 Å². The molecule has 6 heteroatoms. The zero-order chi connectivity index (χ0) is 9.72. The van der Waals surface area contributed by atoms with Crippen molar-refractivity contribution >= 4 is 11.8 Å². The number of aliphatic hydroxyl groups is 2. The molecule has 0 saturated carbocycles. The van der Waals surface area contributed by atoms with Gasteiger partial charge in [0.05, 0.1) is 12.7 Å². The summed E-state index contributed by atoms with van der Waals surface area (Å²) in [5.41, 5.74) is 9.62. The fraction of sp³-hybridized carbons (Fsp3) is 0.667. The first-order valence-electron chi connectivity index (χ1n) is 3.36. The van der Waals surface area contributed by atoms with Crippen LogP contribution in [0.2, 0.25) is 0 Å². The third-order valence-electron chi connectivity index (χ3n) is 1.41. The Kier molecular flexibility index (Phi) is 4.24. The minimum Gasteiger partial charge on any atom is -0.394 e. The second-order valence-electron chi connectivity index (χ2n) is 2.43. The van der Waals surface area contributed by atoms with Gasteiger partial charge in [-0.25, -0.2) is 0 Å². The molecule has 6 nitrogen and oxygen atoms in total. The average Bonchev–Trinajstić information content (AvgIpc) is 1.98. The van der Waals surface area contributed by atoms with Gasteiger partial charge in [-0.2, -0.15) is 0 Å². The van der Waals surface area contributed by atoms with Crippen molar-refractivity contribution < 1.29 is 19.8 Å². The number of carbonyl (C=O) groups excluding carboxylic acids is 2. The second kappa shape index (κ2) is 4.68. The van der Waals surface area contributed by atoms with Crippen molar-refractivity contribution in [3.63, 3.8) is 0 Å². The van der Waals surface area contributed by atoms with Crippen LogP contribution in [0.3, 0.4) is 0 Å². The number of hydrogen-bond acceptors (Lipinski definition) is 4. The molecule has 0 heterocycles. The Bertz CT molecular complexity index is 168. The van der Waals surface area contributed by atoms with Gasteiger partial charge in [-0.15, -0.1) is 0 Å². The summed E-state index contributed by atoms with van der Waals surface area (Å²) < 4.78 is 0. The van der Waals surface area contributed by atoms with Crippen molar-refractivity contribution in [1.82, 2.24) is 0 Å². The predicted octanol–water partition coefficient (Wildman–Crippen LogP) is -2.68. The van der Waals surface area contributed by atoms with Crippen LogP contribution in [0.15, 0.2) is 0 Å². The van der Waals surface area contributed by atoms with Gasteiger partial charge in [-0.05, 0) is 6.42 Å². The van der Waals surface area contributed by atoms with E-state index in [9.17, 15) is 9.59 Å². The van der Waals surface area contributed by atoms with Crippen molar-refractivity contribution in [2.45, 2.75) is 12.5 Å². The van der Waals surface area contributed by atoms with Crippen molar-refractivity contribution in [3.05, 3.63) is 0 Å². The van der Waals surface area contributed by atoms with Gasteiger partial charge in [0.2, 0.25) is 11.8 Å². The maximum Gasteiger partial charge on any atom is 0.230 e.